The first-order valence-corrected chi connectivity index (χ1v) is 7.54. The fraction of sp³-hybridized carbons (Fsp3) is 0.312. The zero-order valence-electron chi connectivity index (χ0n) is 12.4. The molecule has 0 aliphatic rings. The zero-order valence-corrected chi connectivity index (χ0v) is 13.2. The lowest BCUT2D eigenvalue weighted by atomic mass is 10.1. The topological polar surface area (TPSA) is 65.8 Å². The average molecular weight is 299 g/mol. The monoisotopic (exact) mass is 299 g/mol. The number of nitriles is 1. The van der Waals surface area contributed by atoms with Crippen LogP contribution in [0, 0.1) is 25.2 Å². The summed E-state index contributed by atoms with van der Waals surface area (Å²) in [5, 5.41) is 13.3. The van der Waals surface area contributed by atoms with Crippen molar-refractivity contribution >= 4 is 22.8 Å². The average Bonchev–Trinajstić information content (AvgIpc) is 2.76. The molecule has 1 N–H and O–H groups in total. The fourth-order valence-corrected chi connectivity index (χ4v) is 3.12. The number of carbonyl (C=O) groups is 1. The van der Waals surface area contributed by atoms with Crippen LogP contribution in [-0.4, -0.2) is 17.3 Å². The SMILES string of the molecule is CC(=O)c1ccc(C#N)cc1NCCc1sc(C)nc1C. The number of nitrogens with one attached hydrogen (secondary N) is 1. The molecular weight excluding hydrogens is 282 g/mol. The molecule has 0 unspecified atom stereocenters. The van der Waals surface area contributed by atoms with Crippen LogP contribution in [0.4, 0.5) is 5.69 Å². The molecule has 0 atom stereocenters. The Morgan fingerprint density at radius 1 is 1.43 bits per heavy atom. The van der Waals surface area contributed by atoms with Gasteiger partial charge in [0.05, 0.1) is 22.3 Å². The summed E-state index contributed by atoms with van der Waals surface area (Å²) in [5.74, 6) is -0.00759. The Kier molecular flexibility index (Phi) is 4.71. The Labute approximate surface area is 128 Å². The van der Waals surface area contributed by atoms with Crippen LogP contribution in [0.1, 0.15) is 38.4 Å². The van der Waals surface area contributed by atoms with E-state index in [9.17, 15) is 4.79 Å². The number of aromatic nitrogens is 1. The van der Waals surface area contributed by atoms with E-state index in [1.165, 1.54) is 11.8 Å². The molecule has 0 bridgehead atoms. The van der Waals surface area contributed by atoms with E-state index < -0.39 is 0 Å². The van der Waals surface area contributed by atoms with Gasteiger partial charge in [0.25, 0.3) is 0 Å². The first-order valence-electron chi connectivity index (χ1n) is 6.73. The molecular formula is C16H17N3OS. The molecule has 21 heavy (non-hydrogen) atoms. The van der Waals surface area contributed by atoms with Crippen molar-refractivity contribution in [3.63, 3.8) is 0 Å². The molecule has 5 heteroatoms. The van der Waals surface area contributed by atoms with Gasteiger partial charge in [0, 0.05) is 29.1 Å². The highest BCUT2D eigenvalue weighted by Gasteiger charge is 2.09. The van der Waals surface area contributed by atoms with Gasteiger partial charge in [-0.3, -0.25) is 4.79 Å². The van der Waals surface area contributed by atoms with Crippen molar-refractivity contribution in [2.75, 3.05) is 11.9 Å². The third-order valence-corrected chi connectivity index (χ3v) is 4.33. The largest absolute Gasteiger partial charge is 0.384 e. The second kappa shape index (κ2) is 6.51. The van der Waals surface area contributed by atoms with Crippen LogP contribution in [0.25, 0.3) is 0 Å². The number of hydrogen-bond donors (Lipinski definition) is 1. The molecule has 0 radical (unpaired) electrons. The predicted molar refractivity (Wildman–Crippen MR) is 84.9 cm³/mol. The zero-order chi connectivity index (χ0) is 15.4. The molecule has 0 saturated carbocycles. The minimum atomic E-state index is -0.00759. The number of aryl methyl sites for hydroxylation is 2. The van der Waals surface area contributed by atoms with Crippen LogP contribution in [0.2, 0.25) is 0 Å². The number of thiazole rings is 1. The molecule has 0 amide bonds. The van der Waals surface area contributed by atoms with Gasteiger partial charge in [0.1, 0.15) is 0 Å². The maximum atomic E-state index is 11.6. The summed E-state index contributed by atoms with van der Waals surface area (Å²) >= 11 is 1.70. The minimum Gasteiger partial charge on any atom is -0.384 e. The first kappa shape index (κ1) is 15.2. The molecule has 2 rings (SSSR count). The van der Waals surface area contributed by atoms with Gasteiger partial charge in [-0.15, -0.1) is 11.3 Å². The highest BCUT2D eigenvalue weighted by Crippen LogP contribution is 2.20. The van der Waals surface area contributed by atoms with Gasteiger partial charge in [-0.05, 0) is 39.0 Å². The molecule has 0 aliphatic carbocycles. The predicted octanol–water partition coefficient (Wildman–Crippen LogP) is 3.49. The lowest BCUT2D eigenvalue weighted by molar-refractivity contribution is 0.101. The van der Waals surface area contributed by atoms with Crippen molar-refractivity contribution in [3.05, 3.63) is 44.9 Å². The summed E-state index contributed by atoms with van der Waals surface area (Å²) < 4.78 is 0. The van der Waals surface area contributed by atoms with E-state index >= 15 is 0 Å². The van der Waals surface area contributed by atoms with Crippen molar-refractivity contribution in [2.45, 2.75) is 27.2 Å². The van der Waals surface area contributed by atoms with E-state index in [-0.39, 0.29) is 5.78 Å². The van der Waals surface area contributed by atoms with Gasteiger partial charge >= 0.3 is 0 Å². The van der Waals surface area contributed by atoms with Gasteiger partial charge in [-0.25, -0.2) is 4.98 Å². The molecule has 0 fully saturated rings. The molecule has 0 saturated heterocycles. The number of carbonyl (C=O) groups excluding carboxylic acids is 1. The number of hydrogen-bond acceptors (Lipinski definition) is 5. The van der Waals surface area contributed by atoms with Crippen molar-refractivity contribution in [3.8, 4) is 6.07 Å². The number of anilines is 1. The van der Waals surface area contributed by atoms with Crippen LogP contribution < -0.4 is 5.32 Å². The second-order valence-corrected chi connectivity index (χ2v) is 6.13. The molecule has 2 aromatic rings. The molecule has 4 nitrogen and oxygen atoms in total. The van der Waals surface area contributed by atoms with E-state index in [0.29, 0.717) is 17.7 Å². The number of benzene rings is 1. The molecule has 1 aromatic carbocycles. The Bertz CT molecular complexity index is 713. The maximum Gasteiger partial charge on any atom is 0.161 e. The summed E-state index contributed by atoms with van der Waals surface area (Å²) in [6.07, 6.45) is 0.853. The van der Waals surface area contributed by atoms with Gasteiger partial charge in [0.2, 0.25) is 0 Å². The van der Waals surface area contributed by atoms with Gasteiger partial charge in [-0.1, -0.05) is 0 Å². The lowest BCUT2D eigenvalue weighted by Crippen LogP contribution is -2.09. The van der Waals surface area contributed by atoms with Gasteiger partial charge in [0.15, 0.2) is 5.78 Å². The Morgan fingerprint density at radius 2 is 2.19 bits per heavy atom. The van der Waals surface area contributed by atoms with Crippen molar-refractivity contribution in [2.24, 2.45) is 0 Å². The summed E-state index contributed by atoms with van der Waals surface area (Å²) in [7, 11) is 0. The van der Waals surface area contributed by atoms with Crippen LogP contribution in [0.15, 0.2) is 18.2 Å². The second-order valence-electron chi connectivity index (χ2n) is 4.85. The molecule has 108 valence electrons. The molecule has 0 spiro atoms. The van der Waals surface area contributed by atoms with Crippen molar-refractivity contribution in [1.29, 1.82) is 5.26 Å². The van der Waals surface area contributed by atoms with Crippen molar-refractivity contribution < 1.29 is 4.79 Å². The maximum absolute atomic E-state index is 11.6. The highest BCUT2D eigenvalue weighted by atomic mass is 32.1. The number of rotatable bonds is 5. The van der Waals surface area contributed by atoms with E-state index in [1.54, 1.807) is 29.5 Å². The first-order chi connectivity index (χ1) is 10.0. The summed E-state index contributed by atoms with van der Waals surface area (Å²) in [4.78, 5) is 17.3. The highest BCUT2D eigenvalue weighted by molar-refractivity contribution is 7.11. The summed E-state index contributed by atoms with van der Waals surface area (Å²) in [6, 6.07) is 7.18. The quantitative estimate of drug-likeness (QED) is 0.858. The minimum absolute atomic E-state index is 0.00759. The number of ketones is 1. The summed E-state index contributed by atoms with van der Waals surface area (Å²) in [6.45, 7) is 6.25. The number of nitrogens with zero attached hydrogens (tertiary/aromatic N) is 2. The van der Waals surface area contributed by atoms with Crippen LogP contribution >= 0.6 is 11.3 Å². The van der Waals surface area contributed by atoms with Crippen LogP contribution in [-0.2, 0) is 6.42 Å². The van der Waals surface area contributed by atoms with Crippen LogP contribution in [0.5, 0.6) is 0 Å². The third kappa shape index (κ3) is 3.67. The Balaban J connectivity index is 2.10. The standard InChI is InChI=1S/C16H17N3OS/c1-10-16(21-12(3)19-10)6-7-18-15-8-13(9-17)4-5-14(15)11(2)20/h4-5,8,18H,6-7H2,1-3H3. The Hall–Kier alpha value is -2.19. The van der Waals surface area contributed by atoms with E-state index in [1.807, 2.05) is 13.8 Å². The number of Topliss-reactive ketones (excluding diaryl/α,β-unsaturated/α-hetero) is 1. The fourth-order valence-electron chi connectivity index (χ4n) is 2.18. The summed E-state index contributed by atoms with van der Waals surface area (Å²) in [5.41, 5.74) is 2.95. The van der Waals surface area contributed by atoms with Crippen molar-refractivity contribution in [1.82, 2.24) is 4.98 Å². The molecule has 0 aliphatic heterocycles. The smallest absolute Gasteiger partial charge is 0.161 e. The van der Waals surface area contributed by atoms with E-state index in [2.05, 4.69) is 16.4 Å². The molecule has 1 aromatic heterocycles. The lowest BCUT2D eigenvalue weighted by Gasteiger charge is -2.10. The Morgan fingerprint density at radius 3 is 2.76 bits per heavy atom. The van der Waals surface area contributed by atoms with E-state index in [4.69, 9.17) is 5.26 Å². The van der Waals surface area contributed by atoms with Crippen LogP contribution in [0.3, 0.4) is 0 Å². The van der Waals surface area contributed by atoms with Gasteiger partial charge < -0.3 is 5.32 Å². The molecule has 1 heterocycles. The normalized spacial score (nSPS) is 10.2. The van der Waals surface area contributed by atoms with Gasteiger partial charge in [-0.2, -0.15) is 5.26 Å². The van der Waals surface area contributed by atoms with E-state index in [0.717, 1.165) is 22.8 Å². The third-order valence-electron chi connectivity index (χ3n) is 3.20.